The normalized spacial score (nSPS) is 10.6. The molecule has 8 heteroatoms. The van der Waals surface area contributed by atoms with E-state index in [2.05, 4.69) is 4.74 Å². The van der Waals surface area contributed by atoms with Crippen molar-refractivity contribution in [3.8, 4) is 11.8 Å². The number of nitrogens with zero attached hydrogens (tertiary/aromatic N) is 2. The average molecular weight is 366 g/mol. The fraction of sp³-hybridized carbons (Fsp3) is 0.105. The van der Waals surface area contributed by atoms with Gasteiger partial charge in [0, 0.05) is 11.6 Å². The molecule has 0 aromatic heterocycles. The number of nitro benzene ring substituents is 1. The van der Waals surface area contributed by atoms with Crippen molar-refractivity contribution in [3.05, 3.63) is 74.8 Å². The Morgan fingerprint density at radius 2 is 1.96 bits per heavy atom. The number of methoxy groups -OCH3 is 1. The van der Waals surface area contributed by atoms with Gasteiger partial charge in [0.15, 0.2) is 0 Å². The van der Waals surface area contributed by atoms with E-state index in [4.69, 9.17) is 10.00 Å². The number of aryl methyl sites for hydroxylation is 1. The minimum atomic E-state index is -0.785. The number of esters is 2. The maximum Gasteiger partial charge on any atom is 0.348 e. The third-order valence-corrected chi connectivity index (χ3v) is 3.55. The van der Waals surface area contributed by atoms with Crippen molar-refractivity contribution in [2.75, 3.05) is 7.11 Å². The first-order valence-electron chi connectivity index (χ1n) is 7.63. The topological polar surface area (TPSA) is 120 Å². The predicted molar refractivity (Wildman–Crippen MR) is 94.8 cm³/mol. The van der Waals surface area contributed by atoms with Crippen LogP contribution in [0.2, 0.25) is 0 Å². The second kappa shape index (κ2) is 8.40. The lowest BCUT2D eigenvalue weighted by atomic mass is 10.1. The summed E-state index contributed by atoms with van der Waals surface area (Å²) in [7, 11) is 1.16. The molecular formula is C19H14N2O6. The van der Waals surface area contributed by atoms with Crippen LogP contribution in [0.3, 0.4) is 0 Å². The number of carbonyl (C=O) groups is 2. The van der Waals surface area contributed by atoms with E-state index in [-0.39, 0.29) is 22.6 Å². The lowest BCUT2D eigenvalue weighted by molar-refractivity contribution is -0.385. The zero-order valence-electron chi connectivity index (χ0n) is 14.5. The van der Waals surface area contributed by atoms with Gasteiger partial charge < -0.3 is 9.47 Å². The molecule has 0 aliphatic carbocycles. The van der Waals surface area contributed by atoms with Crippen LogP contribution in [0.15, 0.2) is 48.0 Å². The van der Waals surface area contributed by atoms with E-state index >= 15 is 0 Å². The molecule has 0 amide bonds. The highest BCUT2D eigenvalue weighted by molar-refractivity contribution is 5.98. The van der Waals surface area contributed by atoms with Crippen molar-refractivity contribution >= 4 is 23.7 Å². The summed E-state index contributed by atoms with van der Waals surface area (Å²) in [5, 5.41) is 20.0. The minimum Gasteiger partial charge on any atom is -0.465 e. The molecule has 0 unspecified atom stereocenters. The summed E-state index contributed by atoms with van der Waals surface area (Å²) < 4.78 is 9.73. The van der Waals surface area contributed by atoms with Crippen LogP contribution in [-0.2, 0) is 9.53 Å². The summed E-state index contributed by atoms with van der Waals surface area (Å²) in [6, 6.07) is 11.9. The van der Waals surface area contributed by atoms with Crippen molar-refractivity contribution in [3.63, 3.8) is 0 Å². The quantitative estimate of drug-likeness (QED) is 0.199. The lowest BCUT2D eigenvalue weighted by Gasteiger charge is -2.06. The molecule has 27 heavy (non-hydrogen) atoms. The molecule has 2 aromatic rings. The monoisotopic (exact) mass is 366 g/mol. The van der Waals surface area contributed by atoms with E-state index in [0.29, 0.717) is 11.1 Å². The summed E-state index contributed by atoms with van der Waals surface area (Å²) in [4.78, 5) is 34.1. The number of carbonyl (C=O) groups excluding carboxylic acids is 2. The fourth-order valence-corrected chi connectivity index (χ4v) is 2.18. The molecular weight excluding hydrogens is 352 g/mol. The molecule has 0 aliphatic heterocycles. The molecule has 2 rings (SSSR count). The molecule has 0 saturated carbocycles. The second-order valence-corrected chi connectivity index (χ2v) is 5.38. The van der Waals surface area contributed by atoms with E-state index < -0.39 is 16.9 Å². The number of ether oxygens (including phenoxy) is 2. The average Bonchev–Trinajstić information content (AvgIpc) is 2.65. The van der Waals surface area contributed by atoms with Gasteiger partial charge in [-0.15, -0.1) is 0 Å². The van der Waals surface area contributed by atoms with Gasteiger partial charge in [-0.25, -0.2) is 9.59 Å². The number of hydrogen-bond donors (Lipinski definition) is 0. The molecule has 0 spiro atoms. The standard InChI is InChI=1S/C19H14N2O6/c1-12-6-7-14(10-17(12)21(24)25)19(23)27-16-5-3-4-13(9-16)8-15(11-20)18(22)26-2/h3-10H,1-2H3/b15-8+. The predicted octanol–water partition coefficient (Wildman–Crippen LogP) is 3.20. The van der Waals surface area contributed by atoms with Gasteiger partial charge in [-0.05, 0) is 36.8 Å². The van der Waals surface area contributed by atoms with Gasteiger partial charge >= 0.3 is 11.9 Å². The third kappa shape index (κ3) is 4.76. The Hall–Kier alpha value is -3.99. The lowest BCUT2D eigenvalue weighted by Crippen LogP contribution is -2.09. The van der Waals surface area contributed by atoms with Crippen molar-refractivity contribution in [2.45, 2.75) is 6.92 Å². The van der Waals surface area contributed by atoms with Gasteiger partial charge in [0.2, 0.25) is 0 Å². The van der Waals surface area contributed by atoms with Gasteiger partial charge in [-0.3, -0.25) is 10.1 Å². The van der Waals surface area contributed by atoms with Crippen molar-refractivity contribution in [1.29, 1.82) is 5.26 Å². The Morgan fingerprint density at radius 1 is 1.22 bits per heavy atom. The van der Waals surface area contributed by atoms with Crippen molar-refractivity contribution < 1.29 is 24.0 Å². The Balaban J connectivity index is 2.26. The first-order chi connectivity index (χ1) is 12.8. The summed E-state index contributed by atoms with van der Waals surface area (Å²) in [5.74, 6) is -1.40. The molecule has 0 bridgehead atoms. The van der Waals surface area contributed by atoms with Crippen LogP contribution < -0.4 is 4.74 Å². The highest BCUT2D eigenvalue weighted by Crippen LogP contribution is 2.22. The van der Waals surface area contributed by atoms with Crippen LogP contribution in [0.25, 0.3) is 6.08 Å². The molecule has 0 atom stereocenters. The van der Waals surface area contributed by atoms with Crippen LogP contribution in [-0.4, -0.2) is 24.0 Å². The van der Waals surface area contributed by atoms with Gasteiger partial charge in [0.1, 0.15) is 17.4 Å². The van der Waals surface area contributed by atoms with E-state index in [1.807, 2.05) is 0 Å². The molecule has 0 saturated heterocycles. The summed E-state index contributed by atoms with van der Waals surface area (Å²) >= 11 is 0. The number of hydrogen-bond acceptors (Lipinski definition) is 7. The highest BCUT2D eigenvalue weighted by Gasteiger charge is 2.16. The first kappa shape index (κ1) is 19.3. The first-order valence-corrected chi connectivity index (χ1v) is 7.63. The molecule has 136 valence electrons. The summed E-state index contributed by atoms with van der Waals surface area (Å²) in [6.45, 7) is 1.57. The van der Waals surface area contributed by atoms with Gasteiger partial charge in [-0.1, -0.05) is 18.2 Å². The van der Waals surface area contributed by atoms with Gasteiger partial charge in [0.25, 0.3) is 5.69 Å². The minimum absolute atomic E-state index is 0.0283. The zero-order chi connectivity index (χ0) is 20.0. The van der Waals surface area contributed by atoms with Crippen molar-refractivity contribution in [1.82, 2.24) is 0 Å². The number of benzene rings is 2. The molecule has 0 heterocycles. The van der Waals surface area contributed by atoms with Crippen LogP contribution in [0.4, 0.5) is 5.69 Å². The molecule has 0 N–H and O–H groups in total. The van der Waals surface area contributed by atoms with Crippen LogP contribution in [0, 0.1) is 28.4 Å². The third-order valence-electron chi connectivity index (χ3n) is 3.55. The summed E-state index contributed by atoms with van der Waals surface area (Å²) in [5.41, 5.74) is 0.501. The van der Waals surface area contributed by atoms with E-state index in [1.54, 1.807) is 25.1 Å². The smallest absolute Gasteiger partial charge is 0.348 e. The van der Waals surface area contributed by atoms with Crippen molar-refractivity contribution in [2.24, 2.45) is 0 Å². The number of nitriles is 1. The molecule has 0 aliphatic rings. The summed E-state index contributed by atoms with van der Waals surface area (Å²) in [6.07, 6.45) is 1.29. The van der Waals surface area contributed by atoms with E-state index in [0.717, 1.165) is 13.2 Å². The Bertz CT molecular complexity index is 988. The molecule has 2 aromatic carbocycles. The van der Waals surface area contributed by atoms with Gasteiger partial charge in [-0.2, -0.15) is 5.26 Å². The SMILES string of the molecule is COC(=O)/C(C#N)=C/c1cccc(OC(=O)c2ccc(C)c([N+](=O)[O-])c2)c1. The number of nitro groups is 1. The second-order valence-electron chi connectivity index (χ2n) is 5.38. The van der Waals surface area contributed by atoms with E-state index in [1.165, 1.54) is 30.3 Å². The Morgan fingerprint density at radius 3 is 2.59 bits per heavy atom. The fourth-order valence-electron chi connectivity index (χ4n) is 2.18. The largest absolute Gasteiger partial charge is 0.465 e. The molecule has 0 radical (unpaired) electrons. The molecule has 0 fully saturated rings. The van der Waals surface area contributed by atoms with Crippen LogP contribution >= 0.6 is 0 Å². The Kier molecular flexibility index (Phi) is 6.02. The van der Waals surface area contributed by atoms with Crippen LogP contribution in [0.1, 0.15) is 21.5 Å². The zero-order valence-corrected chi connectivity index (χ0v) is 14.5. The highest BCUT2D eigenvalue weighted by atomic mass is 16.6. The maximum absolute atomic E-state index is 12.3. The molecule has 8 nitrogen and oxygen atoms in total. The van der Waals surface area contributed by atoms with Gasteiger partial charge in [0.05, 0.1) is 17.6 Å². The van der Waals surface area contributed by atoms with E-state index in [9.17, 15) is 19.7 Å². The maximum atomic E-state index is 12.3. The Labute approximate surface area is 154 Å². The number of rotatable bonds is 5. The van der Waals surface area contributed by atoms with Crippen LogP contribution in [0.5, 0.6) is 5.75 Å².